The fourth-order valence-corrected chi connectivity index (χ4v) is 9.23. The van der Waals surface area contributed by atoms with Crippen LogP contribution in [0.2, 0.25) is 0 Å². The van der Waals surface area contributed by atoms with Gasteiger partial charge in [0.2, 0.25) is 0 Å². The molecule has 0 spiro atoms. The van der Waals surface area contributed by atoms with Crippen molar-refractivity contribution in [3.05, 3.63) is 95.9 Å². The Labute approximate surface area is 206 Å². The molecule has 5 aromatic rings. The van der Waals surface area contributed by atoms with E-state index in [1.165, 1.54) is 57.2 Å². The van der Waals surface area contributed by atoms with Gasteiger partial charge < -0.3 is 0 Å². The number of hydrogen-bond donors (Lipinski definition) is 0. The van der Waals surface area contributed by atoms with Crippen LogP contribution in [0.25, 0.3) is 42.8 Å². The average molecular weight is 485 g/mol. The second-order valence-electron chi connectivity index (χ2n) is 7.61. The summed E-state index contributed by atoms with van der Waals surface area (Å²) in [6, 6.07) is 24.4. The molecule has 0 amide bonds. The molecule has 0 saturated heterocycles. The molecule has 0 N–H and O–H groups in total. The van der Waals surface area contributed by atoms with Gasteiger partial charge in [-0.05, 0) is 60.8 Å². The lowest BCUT2D eigenvalue weighted by molar-refractivity contribution is 1.50. The topological polar surface area (TPSA) is 0 Å². The van der Waals surface area contributed by atoms with E-state index in [1.54, 1.807) is 0 Å². The minimum Gasteiger partial charge on any atom is -0.134 e. The molecule has 0 saturated carbocycles. The molecule has 1 unspecified atom stereocenters. The highest BCUT2D eigenvalue weighted by molar-refractivity contribution is 7.73. The van der Waals surface area contributed by atoms with Gasteiger partial charge in [-0.25, -0.2) is 0 Å². The highest BCUT2D eigenvalue weighted by Gasteiger charge is 2.24. The molecule has 0 fully saturated rings. The molecule has 0 aliphatic carbocycles. The van der Waals surface area contributed by atoms with Gasteiger partial charge >= 0.3 is 0 Å². The van der Waals surface area contributed by atoms with E-state index >= 15 is 0 Å². The Hall–Kier alpha value is -2.51. The standard InChI is InChI=1S/C28H23PS2.C2H6/c1-5-22-18(3)27(30-24(22)6-2)28-26(29(4)21-14-8-7-9-15-21)23-16-19-12-10-11-13-20(19)17-25(23)31-28;1-2/h5-17H,1-2H2,3-4H3;1-2H3. The van der Waals surface area contributed by atoms with Crippen molar-refractivity contribution in [1.82, 2.24) is 0 Å². The van der Waals surface area contributed by atoms with Crippen molar-refractivity contribution in [2.75, 3.05) is 6.66 Å². The fourth-order valence-electron chi connectivity index (χ4n) is 4.21. The van der Waals surface area contributed by atoms with Crippen LogP contribution in [0.1, 0.15) is 29.9 Å². The summed E-state index contributed by atoms with van der Waals surface area (Å²) in [6.45, 7) is 16.7. The van der Waals surface area contributed by atoms with Crippen molar-refractivity contribution in [1.29, 1.82) is 0 Å². The smallest absolute Gasteiger partial charge is 0.0538 e. The van der Waals surface area contributed by atoms with Gasteiger partial charge in [-0.1, -0.05) is 93.8 Å². The van der Waals surface area contributed by atoms with E-state index in [4.69, 9.17) is 0 Å². The maximum atomic E-state index is 4.06. The molecule has 2 aromatic heterocycles. The number of rotatable bonds is 5. The third-order valence-electron chi connectivity index (χ3n) is 5.83. The van der Waals surface area contributed by atoms with Crippen LogP contribution in [0.5, 0.6) is 0 Å². The molecular weight excluding hydrogens is 455 g/mol. The molecule has 3 heteroatoms. The van der Waals surface area contributed by atoms with E-state index in [0.717, 1.165) is 0 Å². The molecular formula is C30H29PS2. The second kappa shape index (κ2) is 10.2. The Morgan fingerprint density at radius 2 is 1.42 bits per heavy atom. The summed E-state index contributed by atoms with van der Waals surface area (Å²) < 4.78 is 1.36. The summed E-state index contributed by atoms with van der Waals surface area (Å²) in [4.78, 5) is 3.97. The van der Waals surface area contributed by atoms with Crippen molar-refractivity contribution in [2.24, 2.45) is 0 Å². The summed E-state index contributed by atoms with van der Waals surface area (Å²) in [5.41, 5.74) is 2.52. The van der Waals surface area contributed by atoms with E-state index < -0.39 is 7.92 Å². The van der Waals surface area contributed by atoms with Crippen LogP contribution < -0.4 is 10.6 Å². The minimum atomic E-state index is -0.489. The molecule has 0 bridgehead atoms. The third-order valence-corrected chi connectivity index (χ3v) is 10.8. The largest absolute Gasteiger partial charge is 0.134 e. The highest BCUT2D eigenvalue weighted by Crippen LogP contribution is 2.47. The first-order valence-corrected chi connectivity index (χ1v) is 14.7. The number of fused-ring (bicyclic) bond motifs is 2. The zero-order valence-corrected chi connectivity index (χ0v) is 22.2. The molecule has 0 nitrogen and oxygen atoms in total. The first-order valence-electron chi connectivity index (χ1n) is 11.2. The zero-order chi connectivity index (χ0) is 23.5. The van der Waals surface area contributed by atoms with Crippen molar-refractivity contribution in [3.8, 4) is 9.75 Å². The maximum absolute atomic E-state index is 4.06. The van der Waals surface area contributed by atoms with Crippen molar-refractivity contribution in [2.45, 2.75) is 20.8 Å². The molecule has 5 rings (SSSR count). The van der Waals surface area contributed by atoms with Crippen molar-refractivity contribution < 1.29 is 0 Å². The summed E-state index contributed by atoms with van der Waals surface area (Å²) in [6.07, 6.45) is 3.94. The molecule has 1 atom stereocenters. The van der Waals surface area contributed by atoms with Crippen LogP contribution in [0.4, 0.5) is 0 Å². The third kappa shape index (κ3) is 4.24. The first kappa shape index (κ1) is 23.6. The van der Waals surface area contributed by atoms with Gasteiger partial charge in [-0.3, -0.25) is 0 Å². The van der Waals surface area contributed by atoms with Gasteiger partial charge in [0.1, 0.15) is 0 Å². The fraction of sp³-hybridized carbons (Fsp3) is 0.133. The predicted octanol–water partition coefficient (Wildman–Crippen LogP) is 9.47. The number of benzene rings is 3. The van der Waals surface area contributed by atoms with Crippen molar-refractivity contribution in [3.63, 3.8) is 0 Å². The SMILES string of the molecule is C=Cc1sc(-c2sc3cc4ccccc4cc3c2P(C)c2ccccc2)c(C)c1C=C.CC. The first-order chi connectivity index (χ1) is 16.1. The van der Waals surface area contributed by atoms with Crippen LogP contribution in [0.15, 0.2) is 79.9 Å². The Balaban J connectivity index is 0.00000126. The van der Waals surface area contributed by atoms with Gasteiger partial charge in [0.15, 0.2) is 0 Å². The summed E-state index contributed by atoms with van der Waals surface area (Å²) in [7, 11) is -0.489. The zero-order valence-electron chi connectivity index (χ0n) is 19.7. The quantitative estimate of drug-likeness (QED) is 0.218. The van der Waals surface area contributed by atoms with Gasteiger partial charge in [0, 0.05) is 25.1 Å². The van der Waals surface area contributed by atoms with Crippen molar-refractivity contribution >= 4 is 74.2 Å². The van der Waals surface area contributed by atoms with E-state index in [2.05, 4.69) is 93.5 Å². The Bertz CT molecular complexity index is 1440. The van der Waals surface area contributed by atoms with Crippen LogP contribution in [0.3, 0.4) is 0 Å². The summed E-state index contributed by atoms with van der Waals surface area (Å²) >= 11 is 3.77. The second-order valence-corrected chi connectivity index (χ2v) is 11.8. The molecule has 0 aliphatic rings. The summed E-state index contributed by atoms with van der Waals surface area (Å²) in [5.74, 6) is 0. The molecule has 3 aromatic carbocycles. The molecule has 0 radical (unpaired) electrons. The van der Waals surface area contributed by atoms with Gasteiger partial charge in [-0.2, -0.15) is 0 Å². The van der Waals surface area contributed by atoms with E-state index in [1.807, 2.05) is 48.7 Å². The molecule has 0 aliphatic heterocycles. The van der Waals surface area contributed by atoms with Gasteiger partial charge in [0.05, 0.1) is 4.88 Å². The number of hydrogen-bond acceptors (Lipinski definition) is 2. The van der Waals surface area contributed by atoms with Crippen LogP contribution in [-0.4, -0.2) is 6.66 Å². The number of thiophene rings is 2. The van der Waals surface area contributed by atoms with E-state index in [0.29, 0.717) is 0 Å². The maximum Gasteiger partial charge on any atom is 0.0538 e. The minimum absolute atomic E-state index is 0.489. The van der Waals surface area contributed by atoms with E-state index in [9.17, 15) is 0 Å². The molecule has 2 heterocycles. The Kier molecular flexibility index (Phi) is 7.29. The van der Waals surface area contributed by atoms with Crippen LogP contribution >= 0.6 is 30.6 Å². The predicted molar refractivity (Wildman–Crippen MR) is 157 cm³/mol. The van der Waals surface area contributed by atoms with Gasteiger partial charge in [0.25, 0.3) is 0 Å². The Morgan fingerprint density at radius 1 is 0.788 bits per heavy atom. The van der Waals surface area contributed by atoms with Gasteiger partial charge in [-0.15, -0.1) is 22.7 Å². The van der Waals surface area contributed by atoms with Crippen LogP contribution in [-0.2, 0) is 0 Å². The van der Waals surface area contributed by atoms with Crippen LogP contribution in [0, 0.1) is 6.92 Å². The lowest BCUT2D eigenvalue weighted by atomic mass is 10.1. The normalized spacial score (nSPS) is 11.8. The molecule has 33 heavy (non-hydrogen) atoms. The highest BCUT2D eigenvalue weighted by atomic mass is 32.1. The lowest BCUT2D eigenvalue weighted by Crippen LogP contribution is -2.11. The molecule has 166 valence electrons. The lowest BCUT2D eigenvalue weighted by Gasteiger charge is -2.15. The van der Waals surface area contributed by atoms with E-state index in [-0.39, 0.29) is 0 Å². The summed E-state index contributed by atoms with van der Waals surface area (Å²) in [5, 5.41) is 6.90. The Morgan fingerprint density at radius 3 is 2.03 bits per heavy atom. The average Bonchev–Trinajstić information content (AvgIpc) is 3.39. The monoisotopic (exact) mass is 484 g/mol.